The quantitative estimate of drug-likeness (QED) is 0.0923. The van der Waals surface area contributed by atoms with E-state index in [0.29, 0.717) is 0 Å². The highest BCUT2D eigenvalue weighted by molar-refractivity contribution is 5.88. The second kappa shape index (κ2) is 12.8. The number of phenolic OH excluding ortho intramolecular Hbond substituents is 4. The van der Waals surface area contributed by atoms with Crippen LogP contribution in [0, 0.1) is 0 Å². The lowest BCUT2D eigenvalue weighted by Gasteiger charge is -2.42. The fourth-order valence-electron chi connectivity index (χ4n) is 5.10. The number of aromatic hydroxyl groups is 4. The molecule has 5 rings (SSSR count). The van der Waals surface area contributed by atoms with E-state index < -0.39 is 91.2 Å². The van der Waals surface area contributed by atoms with Gasteiger partial charge in [-0.25, -0.2) is 4.42 Å². The molecule has 2 aliphatic heterocycles. The first kappa shape index (κ1) is 32.4. The van der Waals surface area contributed by atoms with Crippen molar-refractivity contribution in [2.75, 3.05) is 6.61 Å². The molecule has 0 spiro atoms. The van der Waals surface area contributed by atoms with Crippen LogP contribution in [0.15, 0.2) is 40.8 Å². The molecule has 16 heteroatoms. The maximum absolute atomic E-state index is 11.4. The van der Waals surface area contributed by atoms with Crippen LogP contribution >= 0.6 is 0 Å². The molecule has 2 fully saturated rings. The lowest BCUT2D eigenvalue weighted by atomic mass is 9.98. The number of hydrogen-bond acceptors (Lipinski definition) is 15. The van der Waals surface area contributed by atoms with Gasteiger partial charge in [0.2, 0.25) is 12.0 Å². The number of ether oxygens (including phenoxy) is 5. The van der Waals surface area contributed by atoms with Gasteiger partial charge in [-0.3, -0.25) is 4.79 Å². The first-order valence-corrected chi connectivity index (χ1v) is 13.8. The van der Waals surface area contributed by atoms with Gasteiger partial charge in [-0.2, -0.15) is 0 Å². The zero-order valence-electron chi connectivity index (χ0n) is 23.8. The van der Waals surface area contributed by atoms with Gasteiger partial charge in [-0.15, -0.1) is 0 Å². The van der Waals surface area contributed by atoms with Crippen LogP contribution < -0.4 is 4.74 Å². The summed E-state index contributed by atoms with van der Waals surface area (Å²) in [4.78, 5) is 11.4. The molecule has 2 saturated heterocycles. The van der Waals surface area contributed by atoms with Gasteiger partial charge in [0.15, 0.2) is 23.9 Å². The monoisotopic (exact) mass is 637 g/mol. The minimum absolute atomic E-state index is 0.00680. The molecule has 2 aromatic carbocycles. The summed E-state index contributed by atoms with van der Waals surface area (Å²) in [6.45, 7) is 2.06. The SMILES string of the molecule is CC(=O)OC1C(C)OC(OCC2OC(Oc3cc4c(O)cc(O)cc4[o+]c3-c3ccc(O)c(O)c3)C(O)C(O)C2O)C(O)C1O. The standard InChI is InChI=1S/C29H32O16/c1-10-26(42-11(2)30)23(37)25(39)28(41-10)40-9-20-21(35)22(36)24(38)29(45-20)44-19-8-14-16(33)6-13(31)7-18(14)43-27(19)12-3-4-15(32)17(34)5-12/h3-8,10,20-26,28-29,35-39H,9H2,1-2H3,(H3-,31,32,33,34)/p+1. The molecule has 16 nitrogen and oxygen atoms in total. The maximum atomic E-state index is 11.4. The Balaban J connectivity index is 1.40. The van der Waals surface area contributed by atoms with Crippen molar-refractivity contribution < 1.29 is 78.9 Å². The predicted octanol–water partition coefficient (Wildman–Crippen LogP) is -0.195. The van der Waals surface area contributed by atoms with E-state index >= 15 is 0 Å². The minimum Gasteiger partial charge on any atom is -0.507 e. The van der Waals surface area contributed by atoms with Gasteiger partial charge in [0.25, 0.3) is 0 Å². The van der Waals surface area contributed by atoms with Crippen LogP contribution in [-0.2, 0) is 23.7 Å². The van der Waals surface area contributed by atoms with Crippen LogP contribution in [0.1, 0.15) is 13.8 Å². The smallest absolute Gasteiger partial charge is 0.402 e. The topological polar surface area (TPSA) is 257 Å². The fraction of sp³-hybridized carbons (Fsp3) is 0.448. The molecule has 3 heterocycles. The molecular weight excluding hydrogens is 604 g/mol. The summed E-state index contributed by atoms with van der Waals surface area (Å²) in [7, 11) is 0. The van der Waals surface area contributed by atoms with Gasteiger partial charge in [0.1, 0.15) is 53.5 Å². The van der Waals surface area contributed by atoms with Crippen molar-refractivity contribution in [1.29, 1.82) is 0 Å². The van der Waals surface area contributed by atoms with Gasteiger partial charge < -0.3 is 69.6 Å². The molecule has 9 N–H and O–H groups in total. The summed E-state index contributed by atoms with van der Waals surface area (Å²) in [6.07, 6.45) is -15.3. The molecule has 2 aliphatic rings. The van der Waals surface area contributed by atoms with E-state index in [1.165, 1.54) is 31.2 Å². The zero-order valence-corrected chi connectivity index (χ0v) is 23.8. The highest BCUT2D eigenvalue weighted by Gasteiger charge is 2.49. The van der Waals surface area contributed by atoms with E-state index in [4.69, 9.17) is 28.1 Å². The Bertz CT molecular complexity index is 1550. The number of aliphatic hydroxyl groups is 5. The van der Waals surface area contributed by atoms with Crippen LogP contribution in [0.3, 0.4) is 0 Å². The summed E-state index contributed by atoms with van der Waals surface area (Å²) in [5, 5.41) is 93.1. The maximum Gasteiger partial charge on any atom is 0.402 e. The summed E-state index contributed by atoms with van der Waals surface area (Å²) >= 11 is 0. The van der Waals surface area contributed by atoms with Crippen LogP contribution in [0.5, 0.6) is 28.7 Å². The van der Waals surface area contributed by atoms with Gasteiger partial charge in [-0.1, -0.05) is 0 Å². The van der Waals surface area contributed by atoms with Crippen LogP contribution in [0.2, 0.25) is 0 Å². The second-order valence-electron chi connectivity index (χ2n) is 10.8. The van der Waals surface area contributed by atoms with Crippen molar-refractivity contribution in [3.63, 3.8) is 0 Å². The first-order valence-electron chi connectivity index (χ1n) is 13.8. The molecule has 10 unspecified atom stereocenters. The molecular formula is C29H33O16+. The minimum atomic E-state index is -1.84. The van der Waals surface area contributed by atoms with Gasteiger partial charge in [-0.05, 0) is 19.1 Å². The Kier molecular flexibility index (Phi) is 9.20. The predicted molar refractivity (Wildman–Crippen MR) is 148 cm³/mol. The molecule has 0 amide bonds. The van der Waals surface area contributed by atoms with E-state index in [1.807, 2.05) is 0 Å². The van der Waals surface area contributed by atoms with E-state index in [1.54, 1.807) is 0 Å². The van der Waals surface area contributed by atoms with Crippen LogP contribution in [0.25, 0.3) is 22.3 Å². The third kappa shape index (κ3) is 6.54. The van der Waals surface area contributed by atoms with E-state index in [2.05, 4.69) is 0 Å². The third-order valence-corrected chi connectivity index (χ3v) is 7.47. The van der Waals surface area contributed by atoms with Crippen molar-refractivity contribution in [3.05, 3.63) is 36.4 Å². The fourth-order valence-corrected chi connectivity index (χ4v) is 5.10. The molecule has 0 saturated carbocycles. The Morgan fingerprint density at radius 1 is 0.822 bits per heavy atom. The largest absolute Gasteiger partial charge is 0.507 e. The zero-order chi connectivity index (χ0) is 32.7. The molecule has 1 aromatic heterocycles. The van der Waals surface area contributed by atoms with Crippen molar-refractivity contribution in [3.8, 4) is 40.1 Å². The molecule has 0 aliphatic carbocycles. The third-order valence-electron chi connectivity index (χ3n) is 7.47. The Morgan fingerprint density at radius 2 is 1.53 bits per heavy atom. The Labute approximate surface area is 254 Å². The van der Waals surface area contributed by atoms with E-state index in [-0.39, 0.29) is 33.8 Å². The molecule has 0 radical (unpaired) electrons. The second-order valence-corrected chi connectivity index (χ2v) is 10.8. The molecule has 244 valence electrons. The number of hydrogen-bond donors (Lipinski definition) is 9. The molecule has 45 heavy (non-hydrogen) atoms. The first-order chi connectivity index (χ1) is 21.2. The number of carbonyl (C=O) groups is 1. The Morgan fingerprint density at radius 3 is 2.22 bits per heavy atom. The van der Waals surface area contributed by atoms with Crippen molar-refractivity contribution in [1.82, 2.24) is 0 Å². The Hall–Kier alpha value is -4.00. The lowest BCUT2D eigenvalue weighted by Crippen LogP contribution is -2.62. The van der Waals surface area contributed by atoms with Crippen molar-refractivity contribution in [2.24, 2.45) is 0 Å². The number of rotatable bonds is 7. The normalized spacial score (nSPS) is 31.9. The average Bonchev–Trinajstić information content (AvgIpc) is 2.98. The number of benzene rings is 2. The number of phenols is 4. The summed E-state index contributed by atoms with van der Waals surface area (Å²) in [5.74, 6) is -2.67. The number of aliphatic hydroxyl groups excluding tert-OH is 5. The molecule has 0 bridgehead atoms. The van der Waals surface area contributed by atoms with Crippen LogP contribution in [0.4, 0.5) is 0 Å². The van der Waals surface area contributed by atoms with E-state index in [0.717, 1.165) is 19.1 Å². The van der Waals surface area contributed by atoms with Crippen molar-refractivity contribution >= 4 is 16.9 Å². The molecule has 10 atom stereocenters. The number of esters is 1. The number of fused-ring (bicyclic) bond motifs is 1. The average molecular weight is 638 g/mol. The summed E-state index contributed by atoms with van der Waals surface area (Å²) in [5.41, 5.74) is 0.145. The van der Waals surface area contributed by atoms with Gasteiger partial charge >= 0.3 is 17.3 Å². The molecule has 3 aromatic rings. The van der Waals surface area contributed by atoms with Crippen LogP contribution in [-0.4, -0.2) is 120 Å². The van der Waals surface area contributed by atoms with Gasteiger partial charge in [0, 0.05) is 25.1 Å². The highest BCUT2D eigenvalue weighted by Crippen LogP contribution is 2.42. The summed E-state index contributed by atoms with van der Waals surface area (Å²) < 4.78 is 33.6. The van der Waals surface area contributed by atoms with Crippen molar-refractivity contribution in [2.45, 2.75) is 75.3 Å². The highest BCUT2D eigenvalue weighted by atomic mass is 16.7. The van der Waals surface area contributed by atoms with Gasteiger partial charge in [0.05, 0.1) is 24.3 Å². The summed E-state index contributed by atoms with van der Waals surface area (Å²) in [6, 6.07) is 7.19. The van der Waals surface area contributed by atoms with E-state index in [9.17, 15) is 50.8 Å². The number of carbonyl (C=O) groups excluding carboxylic acids is 1. The lowest BCUT2D eigenvalue weighted by molar-refractivity contribution is -0.319.